The summed E-state index contributed by atoms with van der Waals surface area (Å²) in [6, 6.07) is 13.7. The number of hydrogen-bond acceptors (Lipinski definition) is 2. The molecule has 0 amide bonds. The fourth-order valence-corrected chi connectivity index (χ4v) is 1.44. The Bertz CT molecular complexity index is 501. The highest BCUT2D eigenvalue weighted by Crippen LogP contribution is 2.15. The number of ether oxygens (including phenoxy) is 1. The second kappa shape index (κ2) is 3.99. The third-order valence-corrected chi connectivity index (χ3v) is 2.18. The largest absolute Gasteiger partial charge is 0.601 e. The van der Waals surface area contributed by atoms with Crippen LogP contribution in [0.4, 0.5) is 0 Å². The molecule has 0 unspecified atom stereocenters. The molecule has 0 aromatic heterocycles. The summed E-state index contributed by atoms with van der Waals surface area (Å²) < 4.78 is 4.52. The Kier molecular flexibility index (Phi) is 2.53. The zero-order chi connectivity index (χ0) is 10.7. The number of methoxy groups -OCH3 is 1. The van der Waals surface area contributed by atoms with E-state index in [1.165, 1.54) is 7.11 Å². The van der Waals surface area contributed by atoms with Crippen molar-refractivity contribution in [3.8, 4) is 0 Å². The molecule has 2 heteroatoms. The lowest BCUT2D eigenvalue weighted by molar-refractivity contribution is -0.354. The number of benzene rings is 2. The van der Waals surface area contributed by atoms with Crippen molar-refractivity contribution in [1.82, 2.24) is 0 Å². The Labute approximate surface area is 88.4 Å². The molecule has 0 aliphatic carbocycles. The minimum absolute atomic E-state index is 0.453. The summed E-state index contributed by atoms with van der Waals surface area (Å²) in [6.45, 7) is 0. The predicted molar refractivity (Wildman–Crippen MR) is 56.8 cm³/mol. The van der Waals surface area contributed by atoms with Crippen LogP contribution in [-0.4, -0.2) is 7.11 Å². The molecule has 0 heterocycles. The van der Waals surface area contributed by atoms with Crippen LogP contribution in [0.1, 0.15) is 5.56 Å². The van der Waals surface area contributed by atoms with E-state index in [9.17, 15) is 5.11 Å². The van der Waals surface area contributed by atoms with Gasteiger partial charge in [0.1, 0.15) is 0 Å². The van der Waals surface area contributed by atoms with Crippen LogP contribution < -0.4 is 5.11 Å². The summed E-state index contributed by atoms with van der Waals surface area (Å²) >= 11 is 0. The van der Waals surface area contributed by atoms with Crippen molar-refractivity contribution >= 4 is 10.8 Å². The Hall–Kier alpha value is -2.05. The lowest BCUT2D eigenvalue weighted by Gasteiger charge is -2.01. The van der Waals surface area contributed by atoms with Crippen LogP contribution >= 0.6 is 0 Å². The third kappa shape index (κ3) is 2.06. The first-order valence-electron chi connectivity index (χ1n) is 4.63. The fraction of sp³-hybridized carbons (Fsp3) is 0.0769. The molecule has 2 nitrogen and oxygen atoms in total. The summed E-state index contributed by atoms with van der Waals surface area (Å²) in [5.74, 6) is -0.453. The van der Waals surface area contributed by atoms with Crippen molar-refractivity contribution in [3.63, 3.8) is 0 Å². The van der Waals surface area contributed by atoms with Crippen molar-refractivity contribution < 1.29 is 9.84 Å². The molecule has 0 N–H and O–H groups in total. The quantitative estimate of drug-likeness (QED) is 0.544. The molecular weight excluding hydrogens is 188 g/mol. The molecule has 0 radical (unpaired) electrons. The standard InChI is InChI=1S/C13H10O2/c1-15-13(14)9-10-6-7-11-4-2-3-5-12(11)8-10/h2-8H,1H3. The van der Waals surface area contributed by atoms with E-state index < -0.39 is 5.95 Å². The minimum atomic E-state index is -0.453. The Morgan fingerprint density at radius 1 is 1.13 bits per heavy atom. The van der Waals surface area contributed by atoms with Crippen molar-refractivity contribution in [1.29, 1.82) is 0 Å². The highest BCUT2D eigenvalue weighted by molar-refractivity contribution is 5.83. The maximum absolute atomic E-state index is 11.0. The molecule has 0 saturated heterocycles. The smallest absolute Gasteiger partial charge is 0.190 e. The van der Waals surface area contributed by atoms with Gasteiger partial charge in [-0.2, -0.15) is 0 Å². The molecule has 0 fully saturated rings. The van der Waals surface area contributed by atoms with Gasteiger partial charge in [0.2, 0.25) is 0 Å². The second-order valence-electron chi connectivity index (χ2n) is 3.18. The average molecular weight is 198 g/mol. The molecule has 0 saturated carbocycles. The molecule has 2 rings (SSSR count). The lowest BCUT2D eigenvalue weighted by Crippen LogP contribution is -2.05. The van der Waals surface area contributed by atoms with Crippen LogP contribution in [0.15, 0.2) is 48.4 Å². The van der Waals surface area contributed by atoms with E-state index >= 15 is 0 Å². The first kappa shape index (κ1) is 9.50. The van der Waals surface area contributed by atoms with Crippen LogP contribution in [0.3, 0.4) is 0 Å². The van der Waals surface area contributed by atoms with Gasteiger partial charge in [0.25, 0.3) is 0 Å². The Morgan fingerprint density at radius 2 is 1.87 bits per heavy atom. The fourth-order valence-electron chi connectivity index (χ4n) is 1.44. The molecule has 15 heavy (non-hydrogen) atoms. The van der Waals surface area contributed by atoms with Crippen LogP contribution in [0.5, 0.6) is 0 Å². The van der Waals surface area contributed by atoms with E-state index in [0.717, 1.165) is 16.3 Å². The van der Waals surface area contributed by atoms with E-state index in [1.54, 1.807) is 0 Å². The molecule has 0 aliphatic rings. The summed E-state index contributed by atoms with van der Waals surface area (Å²) in [7, 11) is 1.34. The highest BCUT2D eigenvalue weighted by atomic mass is 16.6. The lowest BCUT2D eigenvalue weighted by atomic mass is 10.1. The van der Waals surface area contributed by atoms with Crippen molar-refractivity contribution in [2.24, 2.45) is 0 Å². The number of fused-ring (bicyclic) bond motifs is 1. The SMILES string of the molecule is COC([O-])=[C+]c1ccc2ccccc2c1. The molecule has 0 spiro atoms. The molecular formula is C13H10O2. The summed E-state index contributed by atoms with van der Waals surface area (Å²) in [6.07, 6.45) is 2.62. The summed E-state index contributed by atoms with van der Waals surface area (Å²) in [4.78, 5) is 0. The third-order valence-electron chi connectivity index (χ3n) is 2.18. The second-order valence-corrected chi connectivity index (χ2v) is 3.18. The van der Waals surface area contributed by atoms with Gasteiger partial charge in [-0.15, -0.1) is 0 Å². The minimum Gasteiger partial charge on any atom is -0.601 e. The van der Waals surface area contributed by atoms with Gasteiger partial charge in [-0.1, -0.05) is 18.2 Å². The van der Waals surface area contributed by atoms with E-state index in [2.05, 4.69) is 10.8 Å². The van der Waals surface area contributed by atoms with E-state index in [1.807, 2.05) is 42.5 Å². The van der Waals surface area contributed by atoms with Crippen LogP contribution in [-0.2, 0) is 4.74 Å². The average Bonchev–Trinajstić information content (AvgIpc) is 2.29. The Balaban J connectivity index is 2.47. The topological polar surface area (TPSA) is 32.3 Å². The maximum atomic E-state index is 11.0. The van der Waals surface area contributed by atoms with E-state index in [0.29, 0.717) is 0 Å². The summed E-state index contributed by atoms with van der Waals surface area (Å²) in [5, 5.41) is 13.2. The van der Waals surface area contributed by atoms with Crippen molar-refractivity contribution in [3.05, 3.63) is 60.0 Å². The predicted octanol–water partition coefficient (Wildman–Crippen LogP) is 1.84. The van der Waals surface area contributed by atoms with Gasteiger partial charge >= 0.3 is 0 Å². The molecule has 0 atom stereocenters. The zero-order valence-corrected chi connectivity index (χ0v) is 8.36. The van der Waals surface area contributed by atoms with Gasteiger partial charge < -0.3 is 9.84 Å². The first-order valence-corrected chi connectivity index (χ1v) is 4.63. The van der Waals surface area contributed by atoms with Crippen molar-refractivity contribution in [2.45, 2.75) is 0 Å². The summed E-state index contributed by atoms with van der Waals surface area (Å²) in [5.41, 5.74) is 0.737. The zero-order valence-electron chi connectivity index (χ0n) is 8.36. The number of hydrogen-bond donors (Lipinski definition) is 0. The molecule has 0 aliphatic heterocycles. The van der Waals surface area contributed by atoms with E-state index in [-0.39, 0.29) is 0 Å². The molecule has 0 bridgehead atoms. The van der Waals surface area contributed by atoms with Gasteiger partial charge in [0.15, 0.2) is 11.5 Å². The monoisotopic (exact) mass is 198 g/mol. The Morgan fingerprint density at radius 3 is 2.60 bits per heavy atom. The van der Waals surface area contributed by atoms with Crippen molar-refractivity contribution in [2.75, 3.05) is 7.11 Å². The van der Waals surface area contributed by atoms with Gasteiger partial charge in [-0.3, -0.25) is 0 Å². The van der Waals surface area contributed by atoms with Crippen LogP contribution in [0.2, 0.25) is 0 Å². The van der Waals surface area contributed by atoms with Gasteiger partial charge in [-0.25, -0.2) is 0 Å². The highest BCUT2D eigenvalue weighted by Gasteiger charge is 2.02. The molecule has 74 valence electrons. The van der Waals surface area contributed by atoms with E-state index in [4.69, 9.17) is 0 Å². The first-order chi connectivity index (χ1) is 7.29. The van der Waals surface area contributed by atoms with Gasteiger partial charge in [0, 0.05) is 16.8 Å². The number of rotatable bonds is 2. The molecule has 2 aromatic rings. The van der Waals surface area contributed by atoms with Gasteiger partial charge in [0.05, 0.1) is 18.2 Å². The molecule has 2 aromatic carbocycles. The normalized spacial score (nSPS) is 11.1. The maximum Gasteiger partial charge on any atom is 0.190 e. The van der Waals surface area contributed by atoms with Crippen LogP contribution in [0.25, 0.3) is 10.8 Å². The van der Waals surface area contributed by atoms with Gasteiger partial charge in [-0.05, 0) is 13.2 Å². The van der Waals surface area contributed by atoms with Crippen LogP contribution in [0, 0.1) is 6.08 Å².